The van der Waals surface area contributed by atoms with Crippen molar-refractivity contribution < 1.29 is 18.0 Å². The molecule has 1 aliphatic carbocycles. The van der Waals surface area contributed by atoms with Crippen LogP contribution in [0.5, 0.6) is 0 Å². The molecule has 5 nitrogen and oxygen atoms in total. The highest BCUT2D eigenvalue weighted by molar-refractivity contribution is 5.74. The Morgan fingerprint density at radius 3 is 2.59 bits per heavy atom. The summed E-state index contributed by atoms with van der Waals surface area (Å²) in [6.45, 7) is 3.41. The van der Waals surface area contributed by atoms with E-state index in [4.69, 9.17) is 0 Å². The maximum absolute atomic E-state index is 12.7. The van der Waals surface area contributed by atoms with E-state index in [2.05, 4.69) is 10.3 Å². The number of carbonyl (C=O) groups is 1. The molecular formula is C19H23F3N4O. The molecular weight excluding hydrogens is 357 g/mol. The molecule has 3 rings (SSSR count). The van der Waals surface area contributed by atoms with Gasteiger partial charge in [0.2, 0.25) is 0 Å². The predicted octanol–water partition coefficient (Wildman–Crippen LogP) is 4.03. The summed E-state index contributed by atoms with van der Waals surface area (Å²) in [6, 6.07) is 5.25. The van der Waals surface area contributed by atoms with Crippen LogP contribution in [0.2, 0.25) is 0 Å². The molecule has 1 aromatic heterocycles. The van der Waals surface area contributed by atoms with Gasteiger partial charge in [0.25, 0.3) is 0 Å². The van der Waals surface area contributed by atoms with E-state index >= 15 is 0 Å². The lowest BCUT2D eigenvalue weighted by atomic mass is 10.1. The van der Waals surface area contributed by atoms with E-state index in [0.717, 1.165) is 37.0 Å². The monoisotopic (exact) mass is 380 g/mol. The largest absolute Gasteiger partial charge is 0.416 e. The van der Waals surface area contributed by atoms with E-state index in [1.807, 2.05) is 11.5 Å². The van der Waals surface area contributed by atoms with Gasteiger partial charge in [-0.2, -0.15) is 13.2 Å². The number of amides is 2. The molecule has 2 amide bonds. The molecule has 1 aromatic carbocycles. The van der Waals surface area contributed by atoms with Crippen molar-refractivity contribution in [1.82, 2.24) is 19.8 Å². The number of hydrogen-bond acceptors (Lipinski definition) is 2. The van der Waals surface area contributed by atoms with Crippen molar-refractivity contribution in [2.75, 3.05) is 6.54 Å². The van der Waals surface area contributed by atoms with Crippen LogP contribution in [0.15, 0.2) is 36.7 Å². The number of carbonyl (C=O) groups excluding carboxylic acids is 1. The first kappa shape index (κ1) is 19.3. The molecule has 0 radical (unpaired) electrons. The third kappa shape index (κ3) is 5.02. The first-order valence-corrected chi connectivity index (χ1v) is 9.09. The van der Waals surface area contributed by atoms with Crippen LogP contribution in [0, 0.1) is 0 Å². The smallest absolute Gasteiger partial charge is 0.338 e. The lowest BCUT2D eigenvalue weighted by Crippen LogP contribution is -2.41. The predicted molar refractivity (Wildman–Crippen MR) is 95.0 cm³/mol. The second-order valence-electron chi connectivity index (χ2n) is 6.76. The van der Waals surface area contributed by atoms with E-state index in [0.29, 0.717) is 25.5 Å². The van der Waals surface area contributed by atoms with Gasteiger partial charge in [-0.3, -0.25) is 0 Å². The zero-order valence-corrected chi connectivity index (χ0v) is 15.2. The van der Waals surface area contributed by atoms with Gasteiger partial charge in [-0.25, -0.2) is 9.78 Å². The Hall–Kier alpha value is -2.51. The Labute approximate surface area is 156 Å². The number of imidazole rings is 1. The number of halogens is 3. The average molecular weight is 380 g/mol. The average Bonchev–Trinajstić information content (AvgIpc) is 3.38. The summed E-state index contributed by atoms with van der Waals surface area (Å²) >= 11 is 0. The molecule has 146 valence electrons. The molecule has 1 heterocycles. The van der Waals surface area contributed by atoms with E-state index in [1.54, 1.807) is 17.3 Å². The van der Waals surface area contributed by atoms with Crippen molar-refractivity contribution in [1.29, 1.82) is 0 Å². The molecule has 0 saturated heterocycles. The topological polar surface area (TPSA) is 50.2 Å². The molecule has 1 fully saturated rings. The maximum atomic E-state index is 12.7. The van der Waals surface area contributed by atoms with Crippen molar-refractivity contribution in [3.63, 3.8) is 0 Å². The fraction of sp³-hybridized carbons (Fsp3) is 0.474. The SMILES string of the molecule is CCCNC(=O)N(Cc1nccn1Cc1ccc(C(F)(F)F)cc1)C1CC1. The molecule has 0 atom stereocenters. The highest BCUT2D eigenvalue weighted by Crippen LogP contribution is 2.30. The second kappa shape index (κ2) is 8.02. The number of aromatic nitrogens is 2. The number of urea groups is 1. The van der Waals surface area contributed by atoms with Gasteiger partial charge in [0.05, 0.1) is 12.1 Å². The fourth-order valence-electron chi connectivity index (χ4n) is 2.87. The van der Waals surface area contributed by atoms with Crippen LogP contribution in [-0.2, 0) is 19.3 Å². The maximum Gasteiger partial charge on any atom is 0.416 e. The molecule has 8 heteroatoms. The van der Waals surface area contributed by atoms with Crippen LogP contribution >= 0.6 is 0 Å². The van der Waals surface area contributed by atoms with Crippen molar-refractivity contribution in [3.8, 4) is 0 Å². The van der Waals surface area contributed by atoms with Gasteiger partial charge in [-0.1, -0.05) is 19.1 Å². The number of benzene rings is 1. The number of rotatable bonds is 7. The summed E-state index contributed by atoms with van der Waals surface area (Å²) in [6.07, 6.45) is 1.93. The zero-order valence-electron chi connectivity index (χ0n) is 15.2. The summed E-state index contributed by atoms with van der Waals surface area (Å²) in [5.74, 6) is 0.716. The lowest BCUT2D eigenvalue weighted by Gasteiger charge is -2.23. The molecule has 0 bridgehead atoms. The van der Waals surface area contributed by atoms with Crippen molar-refractivity contribution in [3.05, 3.63) is 53.6 Å². The fourth-order valence-corrected chi connectivity index (χ4v) is 2.87. The first-order chi connectivity index (χ1) is 12.9. The molecule has 0 spiro atoms. The van der Waals surface area contributed by atoms with Crippen molar-refractivity contribution in [2.45, 2.75) is 51.5 Å². The Morgan fingerprint density at radius 2 is 2.00 bits per heavy atom. The van der Waals surface area contributed by atoms with Crippen molar-refractivity contribution in [2.24, 2.45) is 0 Å². The minimum atomic E-state index is -4.34. The van der Waals surface area contributed by atoms with Gasteiger partial charge < -0.3 is 14.8 Å². The molecule has 1 aliphatic rings. The minimum absolute atomic E-state index is 0.0940. The van der Waals surface area contributed by atoms with Crippen LogP contribution in [0.1, 0.15) is 43.1 Å². The number of nitrogens with zero attached hydrogens (tertiary/aromatic N) is 3. The Bertz CT molecular complexity index is 766. The van der Waals surface area contributed by atoms with E-state index in [1.165, 1.54) is 12.1 Å². The third-order valence-corrected chi connectivity index (χ3v) is 4.52. The quantitative estimate of drug-likeness (QED) is 0.788. The highest BCUT2D eigenvalue weighted by Gasteiger charge is 2.33. The standard InChI is InChI=1S/C19H23F3N4O/c1-2-9-24-18(27)26(16-7-8-16)13-17-23-10-11-25(17)12-14-3-5-15(6-4-14)19(20,21)22/h3-6,10-11,16H,2,7-9,12-13H2,1H3,(H,24,27). The molecule has 27 heavy (non-hydrogen) atoms. The molecule has 0 aliphatic heterocycles. The van der Waals surface area contributed by atoms with Gasteiger partial charge in [0.15, 0.2) is 0 Å². The second-order valence-corrected chi connectivity index (χ2v) is 6.76. The highest BCUT2D eigenvalue weighted by atomic mass is 19.4. The Balaban J connectivity index is 1.69. The summed E-state index contributed by atoms with van der Waals surface area (Å²) in [4.78, 5) is 18.5. The van der Waals surface area contributed by atoms with Gasteiger partial charge in [-0.15, -0.1) is 0 Å². The van der Waals surface area contributed by atoms with E-state index < -0.39 is 11.7 Å². The minimum Gasteiger partial charge on any atom is -0.338 e. The third-order valence-electron chi connectivity index (χ3n) is 4.52. The lowest BCUT2D eigenvalue weighted by molar-refractivity contribution is -0.137. The van der Waals surface area contributed by atoms with Crippen LogP contribution in [0.25, 0.3) is 0 Å². The summed E-state index contributed by atoms with van der Waals surface area (Å²) in [7, 11) is 0. The number of hydrogen-bond donors (Lipinski definition) is 1. The van der Waals surface area contributed by atoms with Crippen LogP contribution in [0.3, 0.4) is 0 Å². The Morgan fingerprint density at radius 1 is 1.30 bits per heavy atom. The molecule has 0 unspecified atom stereocenters. The van der Waals surface area contributed by atoms with E-state index in [9.17, 15) is 18.0 Å². The molecule has 2 aromatic rings. The summed E-state index contributed by atoms with van der Waals surface area (Å²) in [5.41, 5.74) is 0.0836. The van der Waals surface area contributed by atoms with Crippen LogP contribution < -0.4 is 5.32 Å². The van der Waals surface area contributed by atoms with Crippen LogP contribution in [-0.4, -0.2) is 33.1 Å². The first-order valence-electron chi connectivity index (χ1n) is 9.09. The summed E-state index contributed by atoms with van der Waals surface area (Å²) in [5, 5.41) is 2.90. The van der Waals surface area contributed by atoms with Gasteiger partial charge in [0, 0.05) is 31.5 Å². The zero-order chi connectivity index (χ0) is 19.4. The number of nitrogens with one attached hydrogen (secondary N) is 1. The van der Waals surface area contributed by atoms with Crippen LogP contribution in [0.4, 0.5) is 18.0 Å². The van der Waals surface area contributed by atoms with E-state index in [-0.39, 0.29) is 12.1 Å². The summed E-state index contributed by atoms with van der Waals surface area (Å²) < 4.78 is 39.9. The normalized spacial score (nSPS) is 14.2. The van der Waals surface area contributed by atoms with Gasteiger partial charge >= 0.3 is 12.2 Å². The van der Waals surface area contributed by atoms with Crippen molar-refractivity contribution >= 4 is 6.03 Å². The van der Waals surface area contributed by atoms with Gasteiger partial charge in [-0.05, 0) is 37.0 Å². The number of alkyl halides is 3. The molecule has 1 N–H and O–H groups in total. The molecule has 1 saturated carbocycles. The Kier molecular flexibility index (Phi) is 5.72. The van der Waals surface area contributed by atoms with Gasteiger partial charge in [0.1, 0.15) is 5.82 Å².